The van der Waals surface area contributed by atoms with E-state index in [2.05, 4.69) is 159 Å². The number of rotatable bonds is 4. The van der Waals surface area contributed by atoms with E-state index in [0.29, 0.717) is 0 Å². The third-order valence-electron chi connectivity index (χ3n) is 8.15. The number of hydrogen-bond donors (Lipinski definition) is 0. The molecule has 0 heterocycles. The summed E-state index contributed by atoms with van der Waals surface area (Å²) in [5.41, 5.74) is 12.7. The second-order valence-corrected chi connectivity index (χ2v) is 10.6. The Kier molecular flexibility index (Phi) is 6.02. The fraction of sp³-hybridized carbons (Fsp3) is 0.0500. The van der Waals surface area contributed by atoms with E-state index in [1.54, 1.807) is 0 Å². The predicted octanol–water partition coefficient (Wildman–Crippen LogP) is 11.3. The van der Waals surface area contributed by atoms with Gasteiger partial charge in [0.1, 0.15) is 0 Å². The molecule has 0 nitrogen and oxygen atoms in total. The molecular formula is C40H30. The van der Waals surface area contributed by atoms with Crippen molar-refractivity contribution in [1.82, 2.24) is 0 Å². The average molecular weight is 511 g/mol. The molecule has 190 valence electrons. The number of benzene rings is 7. The molecule has 0 unspecified atom stereocenters. The van der Waals surface area contributed by atoms with Gasteiger partial charge in [-0.15, -0.1) is 0 Å². The van der Waals surface area contributed by atoms with Crippen LogP contribution >= 0.6 is 0 Å². The van der Waals surface area contributed by atoms with E-state index in [9.17, 15) is 0 Å². The summed E-state index contributed by atoms with van der Waals surface area (Å²) in [5.74, 6) is 0. The molecule has 7 aromatic rings. The average Bonchev–Trinajstić information content (AvgIpc) is 3.01. The van der Waals surface area contributed by atoms with Crippen molar-refractivity contribution in [3.63, 3.8) is 0 Å². The molecule has 40 heavy (non-hydrogen) atoms. The zero-order valence-corrected chi connectivity index (χ0v) is 22.9. The van der Waals surface area contributed by atoms with Gasteiger partial charge in [0.15, 0.2) is 0 Å². The minimum Gasteiger partial charge on any atom is -0.0622 e. The summed E-state index contributed by atoms with van der Waals surface area (Å²) in [6.45, 7) is 4.47. The first kappa shape index (κ1) is 24.1. The summed E-state index contributed by atoms with van der Waals surface area (Å²) < 4.78 is 0. The van der Waals surface area contributed by atoms with E-state index < -0.39 is 0 Å². The largest absolute Gasteiger partial charge is 0.0622 e. The Labute approximate surface area is 236 Å². The summed E-state index contributed by atoms with van der Waals surface area (Å²) in [7, 11) is 0. The molecule has 0 fully saturated rings. The molecule has 0 aliphatic heterocycles. The van der Waals surface area contributed by atoms with Crippen LogP contribution in [-0.2, 0) is 0 Å². The minimum atomic E-state index is 1.23. The summed E-state index contributed by atoms with van der Waals surface area (Å²) in [5, 5.41) is 5.12. The maximum Gasteiger partial charge on any atom is -0.00113 e. The van der Waals surface area contributed by atoms with Crippen LogP contribution < -0.4 is 0 Å². The van der Waals surface area contributed by atoms with Gasteiger partial charge in [-0.2, -0.15) is 0 Å². The van der Waals surface area contributed by atoms with E-state index in [0.717, 1.165) is 0 Å². The van der Waals surface area contributed by atoms with Crippen molar-refractivity contribution in [2.24, 2.45) is 0 Å². The Morgan fingerprint density at radius 1 is 0.325 bits per heavy atom. The second-order valence-electron chi connectivity index (χ2n) is 10.6. The second kappa shape index (κ2) is 9.98. The molecule has 0 spiro atoms. The number of hydrogen-bond acceptors (Lipinski definition) is 0. The van der Waals surface area contributed by atoms with Gasteiger partial charge in [0.2, 0.25) is 0 Å². The Hall–Kier alpha value is -4.94. The van der Waals surface area contributed by atoms with E-state index in [4.69, 9.17) is 0 Å². The normalized spacial score (nSPS) is 11.2. The lowest BCUT2D eigenvalue weighted by atomic mass is 9.76. The maximum absolute atomic E-state index is 2.35. The molecule has 0 N–H and O–H groups in total. The van der Waals surface area contributed by atoms with Crippen LogP contribution in [0.1, 0.15) is 11.1 Å². The monoisotopic (exact) mass is 510 g/mol. The van der Waals surface area contributed by atoms with Gasteiger partial charge in [-0.1, -0.05) is 146 Å². The van der Waals surface area contributed by atoms with E-state index in [1.807, 2.05) is 0 Å². The van der Waals surface area contributed by atoms with Crippen molar-refractivity contribution in [2.75, 3.05) is 0 Å². The maximum atomic E-state index is 2.35. The van der Waals surface area contributed by atoms with Gasteiger partial charge >= 0.3 is 0 Å². The summed E-state index contributed by atoms with van der Waals surface area (Å²) >= 11 is 0. The number of fused-ring (bicyclic) bond motifs is 3. The van der Waals surface area contributed by atoms with Gasteiger partial charge < -0.3 is 0 Å². The molecule has 0 saturated carbocycles. The van der Waals surface area contributed by atoms with Crippen LogP contribution in [-0.4, -0.2) is 0 Å². The Bertz CT molecular complexity index is 2000. The Morgan fingerprint density at radius 3 is 1.45 bits per heavy atom. The summed E-state index contributed by atoms with van der Waals surface area (Å²) in [6.07, 6.45) is 0. The Balaban J connectivity index is 1.85. The zero-order chi connectivity index (χ0) is 27.1. The van der Waals surface area contributed by atoms with Crippen LogP contribution in [0.25, 0.3) is 66.1 Å². The lowest BCUT2D eigenvalue weighted by Crippen LogP contribution is -1.99. The fourth-order valence-corrected chi connectivity index (χ4v) is 6.30. The van der Waals surface area contributed by atoms with Crippen LogP contribution in [0.5, 0.6) is 0 Å². The molecule has 7 rings (SSSR count). The first-order valence-corrected chi connectivity index (χ1v) is 14.0. The fourth-order valence-electron chi connectivity index (χ4n) is 6.30. The van der Waals surface area contributed by atoms with Crippen LogP contribution in [0.4, 0.5) is 0 Å². The van der Waals surface area contributed by atoms with Crippen LogP contribution in [0, 0.1) is 13.8 Å². The van der Waals surface area contributed by atoms with Crippen molar-refractivity contribution in [1.29, 1.82) is 0 Å². The predicted molar refractivity (Wildman–Crippen MR) is 173 cm³/mol. The Morgan fingerprint density at radius 2 is 0.825 bits per heavy atom. The SMILES string of the molecule is Cc1ccccc1-c1c(-c2ccccc2)c(-c2ccccc2)c2c(ccc3ccccc32)c1-c1ccccc1C. The topological polar surface area (TPSA) is 0 Å². The van der Waals surface area contributed by atoms with Crippen molar-refractivity contribution in [3.8, 4) is 44.5 Å². The summed E-state index contributed by atoms with van der Waals surface area (Å²) in [6, 6.07) is 53.0. The molecule has 0 heteroatoms. The molecule has 0 bridgehead atoms. The van der Waals surface area contributed by atoms with E-state index >= 15 is 0 Å². The third kappa shape index (κ3) is 3.92. The van der Waals surface area contributed by atoms with Gasteiger partial charge in [-0.05, 0) is 91.0 Å². The highest BCUT2D eigenvalue weighted by Crippen LogP contribution is 2.53. The molecule has 0 saturated heterocycles. The molecule has 0 atom stereocenters. The highest BCUT2D eigenvalue weighted by Gasteiger charge is 2.26. The molecule has 0 radical (unpaired) electrons. The van der Waals surface area contributed by atoms with Crippen LogP contribution in [0.3, 0.4) is 0 Å². The first-order valence-electron chi connectivity index (χ1n) is 14.0. The minimum absolute atomic E-state index is 1.23. The van der Waals surface area contributed by atoms with Gasteiger partial charge in [0.25, 0.3) is 0 Å². The van der Waals surface area contributed by atoms with Gasteiger partial charge in [-0.3, -0.25) is 0 Å². The van der Waals surface area contributed by atoms with Gasteiger partial charge in [0.05, 0.1) is 0 Å². The van der Waals surface area contributed by atoms with Crippen LogP contribution in [0.2, 0.25) is 0 Å². The lowest BCUT2D eigenvalue weighted by molar-refractivity contribution is 1.44. The van der Waals surface area contributed by atoms with E-state index in [-0.39, 0.29) is 0 Å². The highest BCUT2D eigenvalue weighted by atomic mass is 14.3. The summed E-state index contributed by atoms with van der Waals surface area (Å²) in [4.78, 5) is 0. The van der Waals surface area contributed by atoms with Gasteiger partial charge in [-0.25, -0.2) is 0 Å². The lowest BCUT2D eigenvalue weighted by Gasteiger charge is -2.26. The number of aryl methyl sites for hydroxylation is 2. The molecule has 0 aliphatic rings. The molecule has 0 aliphatic carbocycles. The smallest absolute Gasteiger partial charge is 0.00113 e. The quantitative estimate of drug-likeness (QED) is 0.207. The molecular weight excluding hydrogens is 480 g/mol. The first-order chi connectivity index (χ1) is 19.7. The molecule has 0 aromatic heterocycles. The highest BCUT2D eigenvalue weighted by molar-refractivity contribution is 6.25. The molecule has 7 aromatic carbocycles. The third-order valence-corrected chi connectivity index (χ3v) is 8.15. The molecule has 0 amide bonds. The van der Waals surface area contributed by atoms with E-state index in [1.165, 1.54) is 77.2 Å². The van der Waals surface area contributed by atoms with Crippen LogP contribution in [0.15, 0.2) is 146 Å². The van der Waals surface area contributed by atoms with Crippen molar-refractivity contribution >= 4 is 21.5 Å². The standard InChI is InChI=1S/C40H30/c1-27-15-9-12-22-32(27)38-35-26-25-29-17-11-14-24-34(29)39(35)36(30-18-5-3-6-19-30)37(31-20-7-4-8-21-31)40(38)33-23-13-10-16-28(33)2/h3-26H,1-2H3. The van der Waals surface area contributed by atoms with Gasteiger partial charge in [0, 0.05) is 0 Å². The van der Waals surface area contributed by atoms with Crippen molar-refractivity contribution < 1.29 is 0 Å². The van der Waals surface area contributed by atoms with Crippen molar-refractivity contribution in [3.05, 3.63) is 157 Å². The van der Waals surface area contributed by atoms with Crippen molar-refractivity contribution in [2.45, 2.75) is 13.8 Å². The zero-order valence-electron chi connectivity index (χ0n) is 22.9.